The van der Waals surface area contributed by atoms with Crippen LogP contribution in [0.4, 0.5) is 0 Å². The van der Waals surface area contributed by atoms with Crippen LogP contribution in [0.25, 0.3) is 0 Å². The fourth-order valence-electron chi connectivity index (χ4n) is 2.48. The summed E-state index contributed by atoms with van der Waals surface area (Å²) in [5.41, 5.74) is 5.75. The maximum atomic E-state index is 5.82. The van der Waals surface area contributed by atoms with Crippen molar-refractivity contribution >= 4 is 0 Å². The third kappa shape index (κ3) is 4.87. The third-order valence-corrected chi connectivity index (χ3v) is 3.34. The number of ether oxygens (including phenoxy) is 1. The molecule has 0 aliphatic heterocycles. The van der Waals surface area contributed by atoms with Gasteiger partial charge in [-0.25, -0.2) is 0 Å². The topological polar surface area (TPSA) is 74.2 Å². The van der Waals surface area contributed by atoms with Gasteiger partial charge in [0.1, 0.15) is 6.10 Å². The molecule has 5 heteroatoms. The standard InChI is InChI=1S/C15H29N3O2/c1-10(2)7-11(9-16)8-12-17-14(18-20-12)13(19-6)15(3,4)5/h10-11,13H,7-9,16H2,1-6H3. The second-order valence-electron chi connectivity index (χ2n) is 6.96. The summed E-state index contributed by atoms with van der Waals surface area (Å²) in [6, 6.07) is 0. The first-order chi connectivity index (χ1) is 9.27. The molecule has 1 rings (SSSR count). The van der Waals surface area contributed by atoms with E-state index in [0.717, 1.165) is 12.8 Å². The molecule has 2 atom stereocenters. The lowest BCUT2D eigenvalue weighted by Crippen LogP contribution is -2.21. The fourth-order valence-corrected chi connectivity index (χ4v) is 2.48. The molecule has 0 saturated heterocycles. The molecule has 0 aliphatic rings. The van der Waals surface area contributed by atoms with Crippen molar-refractivity contribution in [1.29, 1.82) is 0 Å². The number of hydrogen-bond acceptors (Lipinski definition) is 5. The molecule has 2 N–H and O–H groups in total. The van der Waals surface area contributed by atoms with Crippen molar-refractivity contribution < 1.29 is 9.26 Å². The number of rotatable bonds is 7. The maximum absolute atomic E-state index is 5.82. The SMILES string of the molecule is COC(c1noc(CC(CN)CC(C)C)n1)C(C)(C)C. The lowest BCUT2D eigenvalue weighted by Gasteiger charge is -2.26. The molecule has 2 unspecified atom stereocenters. The molecule has 1 aromatic rings. The zero-order valence-electron chi connectivity index (χ0n) is 13.6. The van der Waals surface area contributed by atoms with Gasteiger partial charge in [0.15, 0.2) is 0 Å². The van der Waals surface area contributed by atoms with Gasteiger partial charge in [-0.05, 0) is 30.2 Å². The van der Waals surface area contributed by atoms with Gasteiger partial charge in [0, 0.05) is 13.5 Å². The van der Waals surface area contributed by atoms with Crippen LogP contribution in [0.1, 0.15) is 58.9 Å². The maximum Gasteiger partial charge on any atom is 0.227 e. The number of nitrogens with two attached hydrogens (primary N) is 1. The van der Waals surface area contributed by atoms with Crippen molar-refractivity contribution in [3.05, 3.63) is 11.7 Å². The minimum absolute atomic E-state index is 0.0684. The normalized spacial score (nSPS) is 15.6. The van der Waals surface area contributed by atoms with E-state index in [1.165, 1.54) is 0 Å². The van der Waals surface area contributed by atoms with Gasteiger partial charge in [-0.2, -0.15) is 4.98 Å². The van der Waals surface area contributed by atoms with Crippen LogP contribution in [0.15, 0.2) is 4.52 Å². The van der Waals surface area contributed by atoms with Gasteiger partial charge in [-0.1, -0.05) is 39.8 Å². The van der Waals surface area contributed by atoms with Gasteiger partial charge in [-0.15, -0.1) is 0 Å². The highest BCUT2D eigenvalue weighted by Gasteiger charge is 2.30. The second kappa shape index (κ2) is 7.18. The van der Waals surface area contributed by atoms with Crippen LogP contribution in [-0.4, -0.2) is 23.8 Å². The summed E-state index contributed by atoms with van der Waals surface area (Å²) in [6.45, 7) is 11.3. The van der Waals surface area contributed by atoms with E-state index in [0.29, 0.717) is 30.1 Å². The van der Waals surface area contributed by atoms with Crippen LogP contribution in [-0.2, 0) is 11.2 Å². The number of hydrogen-bond donors (Lipinski definition) is 1. The Labute approximate surface area is 122 Å². The molecule has 0 aliphatic carbocycles. The molecule has 5 nitrogen and oxygen atoms in total. The molecule has 0 radical (unpaired) electrons. The first-order valence-electron chi connectivity index (χ1n) is 7.33. The predicted molar refractivity (Wildman–Crippen MR) is 79.2 cm³/mol. The predicted octanol–water partition coefficient (Wildman–Crippen LogP) is 2.97. The smallest absolute Gasteiger partial charge is 0.227 e. The molecule has 1 heterocycles. The van der Waals surface area contributed by atoms with Gasteiger partial charge >= 0.3 is 0 Å². The molecule has 1 aromatic heterocycles. The fraction of sp³-hybridized carbons (Fsp3) is 0.867. The van der Waals surface area contributed by atoms with E-state index in [1.807, 2.05) is 0 Å². The third-order valence-electron chi connectivity index (χ3n) is 3.34. The van der Waals surface area contributed by atoms with Crippen LogP contribution in [0, 0.1) is 17.3 Å². The Morgan fingerprint density at radius 3 is 2.40 bits per heavy atom. The van der Waals surface area contributed by atoms with E-state index in [4.69, 9.17) is 15.0 Å². The molecule has 0 amide bonds. The highest BCUT2D eigenvalue weighted by Crippen LogP contribution is 2.33. The molecule has 0 bridgehead atoms. The Kier molecular flexibility index (Phi) is 6.14. The summed E-state index contributed by atoms with van der Waals surface area (Å²) in [5, 5.41) is 4.07. The molecule has 0 saturated carbocycles. The monoisotopic (exact) mass is 283 g/mol. The average Bonchev–Trinajstić information content (AvgIpc) is 2.74. The minimum Gasteiger partial charge on any atom is -0.373 e. The zero-order valence-corrected chi connectivity index (χ0v) is 13.6. The molecular weight excluding hydrogens is 254 g/mol. The summed E-state index contributed by atoms with van der Waals surface area (Å²) >= 11 is 0. The van der Waals surface area contributed by atoms with Gasteiger partial charge in [0.2, 0.25) is 11.7 Å². The highest BCUT2D eigenvalue weighted by atomic mass is 16.5. The Bertz CT molecular complexity index is 396. The van der Waals surface area contributed by atoms with E-state index in [1.54, 1.807) is 7.11 Å². The van der Waals surface area contributed by atoms with Crippen molar-refractivity contribution in [1.82, 2.24) is 10.1 Å². The number of nitrogens with zero attached hydrogens (tertiary/aromatic N) is 2. The Morgan fingerprint density at radius 2 is 1.95 bits per heavy atom. The zero-order chi connectivity index (χ0) is 15.3. The molecule has 20 heavy (non-hydrogen) atoms. The number of methoxy groups -OCH3 is 1. The molecule has 0 fully saturated rings. The second-order valence-corrected chi connectivity index (χ2v) is 6.96. The lowest BCUT2D eigenvalue weighted by atomic mass is 9.88. The summed E-state index contributed by atoms with van der Waals surface area (Å²) in [7, 11) is 1.67. The van der Waals surface area contributed by atoms with E-state index < -0.39 is 0 Å². The highest BCUT2D eigenvalue weighted by molar-refractivity contribution is 4.97. The van der Waals surface area contributed by atoms with Crippen molar-refractivity contribution in [3.8, 4) is 0 Å². The molecule has 0 spiro atoms. The lowest BCUT2D eigenvalue weighted by molar-refractivity contribution is 0.00718. The van der Waals surface area contributed by atoms with Gasteiger partial charge in [-0.3, -0.25) is 0 Å². The molecule has 0 aromatic carbocycles. The van der Waals surface area contributed by atoms with Crippen molar-refractivity contribution in [2.75, 3.05) is 13.7 Å². The van der Waals surface area contributed by atoms with Crippen molar-refractivity contribution in [2.45, 2.75) is 53.6 Å². The summed E-state index contributed by atoms with van der Waals surface area (Å²) < 4.78 is 10.9. The van der Waals surface area contributed by atoms with E-state index in [2.05, 4.69) is 44.8 Å². The summed E-state index contributed by atoms with van der Waals surface area (Å²) in [6.07, 6.45) is 1.64. The van der Waals surface area contributed by atoms with Crippen LogP contribution in [0.2, 0.25) is 0 Å². The van der Waals surface area contributed by atoms with E-state index in [-0.39, 0.29) is 11.5 Å². The Morgan fingerprint density at radius 1 is 1.30 bits per heavy atom. The quantitative estimate of drug-likeness (QED) is 0.832. The van der Waals surface area contributed by atoms with Crippen LogP contribution < -0.4 is 5.73 Å². The molecular formula is C15H29N3O2. The van der Waals surface area contributed by atoms with Gasteiger partial charge < -0.3 is 15.0 Å². The first kappa shape index (κ1) is 17.1. The minimum atomic E-state index is -0.165. The summed E-state index contributed by atoms with van der Waals surface area (Å²) in [4.78, 5) is 4.48. The van der Waals surface area contributed by atoms with Crippen LogP contribution >= 0.6 is 0 Å². The number of aromatic nitrogens is 2. The van der Waals surface area contributed by atoms with Crippen molar-refractivity contribution in [2.24, 2.45) is 23.0 Å². The van der Waals surface area contributed by atoms with Gasteiger partial charge in [0.25, 0.3) is 0 Å². The largest absolute Gasteiger partial charge is 0.373 e. The van der Waals surface area contributed by atoms with Crippen molar-refractivity contribution in [3.63, 3.8) is 0 Å². The van der Waals surface area contributed by atoms with Crippen LogP contribution in [0.5, 0.6) is 0 Å². The van der Waals surface area contributed by atoms with Gasteiger partial charge in [0.05, 0.1) is 0 Å². The van der Waals surface area contributed by atoms with E-state index >= 15 is 0 Å². The van der Waals surface area contributed by atoms with Crippen LogP contribution in [0.3, 0.4) is 0 Å². The average molecular weight is 283 g/mol. The Hall–Kier alpha value is -0.940. The molecule has 116 valence electrons. The Balaban J connectivity index is 2.76. The first-order valence-corrected chi connectivity index (χ1v) is 7.33. The summed E-state index contributed by atoms with van der Waals surface area (Å²) in [5.74, 6) is 2.28. The van der Waals surface area contributed by atoms with E-state index in [9.17, 15) is 0 Å².